The van der Waals surface area contributed by atoms with Gasteiger partial charge in [-0.05, 0) is 49.6 Å². The number of benzene rings is 3. The molecule has 2 heterocycles. The van der Waals surface area contributed by atoms with Crippen molar-refractivity contribution >= 4 is 11.0 Å². The van der Waals surface area contributed by atoms with Crippen molar-refractivity contribution < 1.29 is 4.52 Å². The Morgan fingerprint density at radius 1 is 0.867 bits per heavy atom. The monoisotopic (exact) mass is 395 g/mol. The molecule has 148 valence electrons. The summed E-state index contributed by atoms with van der Waals surface area (Å²) in [6.07, 6.45) is 0.898. The number of hydrogen-bond donors (Lipinski definition) is 0. The van der Waals surface area contributed by atoms with Crippen LogP contribution in [0.5, 0.6) is 0 Å². The molecule has 0 amide bonds. The third-order valence-electron chi connectivity index (χ3n) is 5.10. The molecule has 0 aliphatic carbocycles. The van der Waals surface area contributed by atoms with Crippen molar-refractivity contribution in [2.75, 3.05) is 0 Å². The first kappa shape index (κ1) is 18.2. The Labute approximate surface area is 174 Å². The highest BCUT2D eigenvalue weighted by Gasteiger charge is 2.14. The molecule has 0 unspecified atom stereocenters. The van der Waals surface area contributed by atoms with E-state index >= 15 is 0 Å². The van der Waals surface area contributed by atoms with Crippen LogP contribution in [0.4, 0.5) is 0 Å². The summed E-state index contributed by atoms with van der Waals surface area (Å²) in [5, 5.41) is 12.6. The van der Waals surface area contributed by atoms with Crippen molar-refractivity contribution in [2.24, 2.45) is 0 Å². The summed E-state index contributed by atoms with van der Waals surface area (Å²) in [5.74, 6) is 1.04. The number of hydrogen-bond acceptors (Lipinski definition) is 5. The van der Waals surface area contributed by atoms with E-state index in [1.54, 1.807) is 0 Å². The van der Waals surface area contributed by atoms with Crippen molar-refractivity contribution in [1.29, 1.82) is 0 Å². The van der Waals surface area contributed by atoms with Crippen molar-refractivity contribution in [1.82, 2.24) is 25.1 Å². The highest BCUT2D eigenvalue weighted by atomic mass is 16.5. The van der Waals surface area contributed by atoms with E-state index in [0.29, 0.717) is 11.7 Å². The Morgan fingerprint density at radius 2 is 1.60 bits per heavy atom. The smallest absolute Gasteiger partial charge is 0.258 e. The molecule has 0 spiro atoms. The summed E-state index contributed by atoms with van der Waals surface area (Å²) >= 11 is 0. The maximum atomic E-state index is 5.52. The van der Waals surface area contributed by atoms with Gasteiger partial charge >= 0.3 is 0 Å². The standard InChI is InChI=1S/C24H21N5O/c1-16(2)29-22-13-12-20(15-21(22)26-28-29)24-25-23(27-30-24)19-10-8-18(9-11-19)14-17-6-4-3-5-7-17/h3-13,15-16H,14H2,1-2H3. The fraction of sp³-hybridized carbons (Fsp3) is 0.167. The molecule has 0 radical (unpaired) electrons. The van der Waals surface area contributed by atoms with Gasteiger partial charge in [0.2, 0.25) is 5.82 Å². The topological polar surface area (TPSA) is 69.6 Å². The van der Waals surface area contributed by atoms with Crippen molar-refractivity contribution in [3.8, 4) is 22.8 Å². The van der Waals surface area contributed by atoms with Gasteiger partial charge < -0.3 is 4.52 Å². The van der Waals surface area contributed by atoms with E-state index in [2.05, 4.69) is 70.7 Å². The van der Waals surface area contributed by atoms with E-state index in [0.717, 1.165) is 28.6 Å². The van der Waals surface area contributed by atoms with Crippen molar-refractivity contribution in [3.63, 3.8) is 0 Å². The average molecular weight is 395 g/mol. The molecular formula is C24H21N5O. The molecule has 0 saturated heterocycles. The number of rotatable bonds is 5. The second kappa shape index (κ2) is 7.55. The van der Waals surface area contributed by atoms with Gasteiger partial charge in [-0.25, -0.2) is 4.68 Å². The van der Waals surface area contributed by atoms with Crippen LogP contribution in [0.2, 0.25) is 0 Å². The van der Waals surface area contributed by atoms with Crippen LogP contribution in [0, 0.1) is 0 Å². The number of aromatic nitrogens is 5. The third kappa shape index (κ3) is 3.48. The van der Waals surface area contributed by atoms with E-state index in [1.165, 1.54) is 11.1 Å². The number of fused-ring (bicyclic) bond motifs is 1. The first-order valence-electron chi connectivity index (χ1n) is 9.99. The molecule has 0 N–H and O–H groups in total. The van der Waals surface area contributed by atoms with Gasteiger partial charge in [-0.1, -0.05) is 65.0 Å². The lowest BCUT2D eigenvalue weighted by atomic mass is 10.0. The quantitative estimate of drug-likeness (QED) is 0.403. The molecule has 0 aliphatic rings. The van der Waals surface area contributed by atoms with E-state index < -0.39 is 0 Å². The van der Waals surface area contributed by atoms with Gasteiger partial charge in [0.25, 0.3) is 5.89 Å². The van der Waals surface area contributed by atoms with Crippen LogP contribution >= 0.6 is 0 Å². The van der Waals surface area contributed by atoms with Crippen LogP contribution in [-0.4, -0.2) is 25.1 Å². The van der Waals surface area contributed by atoms with Gasteiger partial charge in [-0.15, -0.1) is 5.10 Å². The van der Waals surface area contributed by atoms with Gasteiger partial charge in [-0.2, -0.15) is 4.98 Å². The molecular weight excluding hydrogens is 374 g/mol. The Hall–Kier alpha value is -3.80. The molecule has 6 heteroatoms. The minimum absolute atomic E-state index is 0.251. The maximum Gasteiger partial charge on any atom is 0.258 e. The molecule has 30 heavy (non-hydrogen) atoms. The molecule has 6 nitrogen and oxygen atoms in total. The van der Waals surface area contributed by atoms with Gasteiger partial charge in [0, 0.05) is 17.2 Å². The predicted molar refractivity (Wildman–Crippen MR) is 116 cm³/mol. The molecule has 0 bridgehead atoms. The molecule has 0 atom stereocenters. The first-order valence-corrected chi connectivity index (χ1v) is 9.99. The van der Waals surface area contributed by atoms with Crippen molar-refractivity contribution in [3.05, 3.63) is 83.9 Å². The SMILES string of the molecule is CC(C)n1nnc2cc(-c3nc(-c4ccc(Cc5ccccc5)cc4)no3)ccc21. The van der Waals surface area contributed by atoms with Crippen LogP contribution < -0.4 is 0 Å². The van der Waals surface area contributed by atoms with Gasteiger partial charge in [0.1, 0.15) is 5.52 Å². The van der Waals surface area contributed by atoms with Gasteiger partial charge in [0.05, 0.1) is 5.52 Å². The minimum Gasteiger partial charge on any atom is -0.334 e. The fourth-order valence-corrected chi connectivity index (χ4v) is 3.52. The summed E-state index contributed by atoms with van der Waals surface area (Å²) in [6.45, 7) is 4.16. The summed E-state index contributed by atoms with van der Waals surface area (Å²) < 4.78 is 7.42. The second-order valence-electron chi connectivity index (χ2n) is 7.61. The molecule has 5 aromatic rings. The maximum absolute atomic E-state index is 5.52. The normalized spacial score (nSPS) is 11.4. The van der Waals surface area contributed by atoms with Crippen LogP contribution in [0.15, 0.2) is 77.3 Å². The van der Waals surface area contributed by atoms with Gasteiger partial charge in [0.15, 0.2) is 0 Å². The first-order chi connectivity index (χ1) is 14.7. The van der Waals surface area contributed by atoms with E-state index in [1.807, 2.05) is 41.1 Å². The van der Waals surface area contributed by atoms with E-state index in [4.69, 9.17) is 4.52 Å². The minimum atomic E-state index is 0.251. The van der Waals surface area contributed by atoms with E-state index in [9.17, 15) is 0 Å². The third-order valence-corrected chi connectivity index (χ3v) is 5.10. The zero-order valence-corrected chi connectivity index (χ0v) is 16.9. The Balaban J connectivity index is 1.38. The van der Waals surface area contributed by atoms with Crippen LogP contribution in [-0.2, 0) is 6.42 Å². The summed E-state index contributed by atoms with van der Waals surface area (Å²) in [7, 11) is 0. The molecule has 0 saturated carbocycles. The highest BCUT2D eigenvalue weighted by molar-refractivity contribution is 5.80. The lowest BCUT2D eigenvalue weighted by Crippen LogP contribution is -2.02. The zero-order chi connectivity index (χ0) is 20.5. The lowest BCUT2D eigenvalue weighted by molar-refractivity contribution is 0.432. The van der Waals surface area contributed by atoms with Crippen LogP contribution in [0.1, 0.15) is 31.0 Å². The van der Waals surface area contributed by atoms with Gasteiger partial charge in [-0.3, -0.25) is 0 Å². The summed E-state index contributed by atoms with van der Waals surface area (Å²) in [4.78, 5) is 4.58. The molecule has 2 aromatic heterocycles. The molecule has 0 aliphatic heterocycles. The molecule has 0 fully saturated rings. The second-order valence-corrected chi connectivity index (χ2v) is 7.61. The summed E-state index contributed by atoms with van der Waals surface area (Å²) in [5.41, 5.74) is 6.09. The highest BCUT2D eigenvalue weighted by Crippen LogP contribution is 2.26. The largest absolute Gasteiger partial charge is 0.334 e. The predicted octanol–water partition coefficient (Wildman–Crippen LogP) is 5.32. The lowest BCUT2D eigenvalue weighted by Gasteiger charge is -2.04. The van der Waals surface area contributed by atoms with Crippen LogP contribution in [0.25, 0.3) is 33.9 Å². The van der Waals surface area contributed by atoms with E-state index in [-0.39, 0.29) is 6.04 Å². The summed E-state index contributed by atoms with van der Waals surface area (Å²) in [6, 6.07) is 24.8. The Kier molecular flexibility index (Phi) is 4.59. The van der Waals surface area contributed by atoms with Crippen LogP contribution in [0.3, 0.4) is 0 Å². The average Bonchev–Trinajstić information content (AvgIpc) is 3.42. The van der Waals surface area contributed by atoms with Crippen molar-refractivity contribution in [2.45, 2.75) is 26.3 Å². The Bertz CT molecular complexity index is 1290. The Morgan fingerprint density at radius 3 is 2.37 bits per heavy atom. The molecule has 5 rings (SSSR count). The molecule has 3 aromatic carbocycles. The fourth-order valence-electron chi connectivity index (χ4n) is 3.52. The number of nitrogens with zero attached hydrogens (tertiary/aromatic N) is 5. The zero-order valence-electron chi connectivity index (χ0n) is 16.9.